The molecule has 1 N–H and O–H groups in total. The first-order valence-corrected chi connectivity index (χ1v) is 6.77. The molecule has 0 bridgehead atoms. The Balaban J connectivity index is 0.000000276. The van der Waals surface area contributed by atoms with Gasteiger partial charge in [-0.25, -0.2) is 4.79 Å². The number of carbonyl (C=O) groups is 1. The van der Waals surface area contributed by atoms with Crippen LogP contribution in [0.2, 0.25) is 0 Å². The van der Waals surface area contributed by atoms with Gasteiger partial charge in [0.2, 0.25) is 0 Å². The van der Waals surface area contributed by atoms with E-state index < -0.39 is 11.7 Å². The molecule has 0 aromatic rings. The minimum atomic E-state index is -0.500. The molecule has 0 radical (unpaired) electrons. The lowest BCUT2D eigenvalue weighted by Gasteiger charge is -2.22. The van der Waals surface area contributed by atoms with E-state index in [1.807, 2.05) is 27.0 Å². The van der Waals surface area contributed by atoms with Crippen molar-refractivity contribution >= 4 is 12.3 Å². The maximum atomic E-state index is 11.5. The van der Waals surface area contributed by atoms with Crippen LogP contribution in [0.15, 0.2) is 41.8 Å². The topological polar surface area (TPSA) is 53.9 Å². The molecule has 5 nitrogen and oxygen atoms in total. The van der Waals surface area contributed by atoms with Crippen LogP contribution in [0.3, 0.4) is 0 Å². The van der Waals surface area contributed by atoms with Crippen LogP contribution in [-0.2, 0) is 4.74 Å². The summed E-state index contributed by atoms with van der Waals surface area (Å²) in [5, 5.41) is 8.13. The summed E-state index contributed by atoms with van der Waals surface area (Å²) in [4.78, 5) is 11.5. The highest BCUT2D eigenvalue weighted by molar-refractivity contribution is 5.76. The van der Waals surface area contributed by atoms with E-state index in [-0.39, 0.29) is 0 Å². The van der Waals surface area contributed by atoms with Crippen molar-refractivity contribution in [2.24, 2.45) is 5.10 Å². The van der Waals surface area contributed by atoms with Gasteiger partial charge in [-0.1, -0.05) is 12.2 Å². The molecule has 0 saturated heterocycles. The van der Waals surface area contributed by atoms with Crippen LogP contribution in [0.1, 0.15) is 33.6 Å². The Morgan fingerprint density at radius 1 is 1.30 bits per heavy atom. The number of ether oxygens (including phenoxy) is 1. The zero-order valence-corrected chi connectivity index (χ0v) is 12.4. The number of allylic oxidation sites excluding steroid dienone is 4. The minimum absolute atomic E-state index is 0.478. The van der Waals surface area contributed by atoms with Crippen LogP contribution in [0.4, 0.5) is 4.79 Å². The van der Waals surface area contributed by atoms with Gasteiger partial charge >= 0.3 is 6.09 Å². The molecule has 0 spiro atoms. The quantitative estimate of drug-likeness (QED) is 0.740. The van der Waals surface area contributed by atoms with Crippen molar-refractivity contribution in [2.75, 3.05) is 6.54 Å². The second-order valence-electron chi connectivity index (χ2n) is 5.31. The fourth-order valence-corrected chi connectivity index (χ4v) is 1.38. The number of nitrogens with zero attached hydrogens (tertiary/aromatic N) is 2. The molecule has 2 rings (SSSR count). The zero-order valence-electron chi connectivity index (χ0n) is 12.4. The van der Waals surface area contributed by atoms with Gasteiger partial charge < -0.3 is 10.1 Å². The molecular formula is C15H23N3O2. The van der Waals surface area contributed by atoms with Gasteiger partial charge in [0.05, 0.1) is 0 Å². The average Bonchev–Trinajstić information content (AvgIpc) is 2.68. The van der Waals surface area contributed by atoms with Crippen LogP contribution in [-0.4, -0.2) is 29.5 Å². The summed E-state index contributed by atoms with van der Waals surface area (Å²) in [5.74, 6) is 0. The van der Waals surface area contributed by atoms with E-state index in [0.29, 0.717) is 0 Å². The first-order chi connectivity index (χ1) is 9.49. The molecule has 20 heavy (non-hydrogen) atoms. The lowest BCUT2D eigenvalue weighted by Crippen LogP contribution is -2.30. The van der Waals surface area contributed by atoms with Crippen LogP contribution in [0, 0.1) is 0 Å². The van der Waals surface area contributed by atoms with Crippen molar-refractivity contribution in [1.29, 1.82) is 0 Å². The van der Waals surface area contributed by atoms with Crippen LogP contribution < -0.4 is 5.32 Å². The molecule has 110 valence electrons. The first kappa shape index (κ1) is 16.0. The normalized spacial score (nSPS) is 16.9. The predicted octanol–water partition coefficient (Wildman–Crippen LogP) is 3.18. The summed E-state index contributed by atoms with van der Waals surface area (Å²) in [6, 6.07) is 0. The van der Waals surface area contributed by atoms with Gasteiger partial charge in [0.15, 0.2) is 0 Å². The maximum absolute atomic E-state index is 11.5. The number of hydrogen-bond acceptors (Lipinski definition) is 4. The fraction of sp³-hybridized carbons (Fsp3) is 0.467. The highest BCUT2D eigenvalue weighted by Crippen LogP contribution is 2.10. The third-order valence-corrected chi connectivity index (χ3v) is 2.23. The number of amides is 1. The second kappa shape index (κ2) is 8.19. The largest absolute Gasteiger partial charge is 0.442 e. The van der Waals surface area contributed by atoms with E-state index in [9.17, 15) is 4.79 Å². The highest BCUT2D eigenvalue weighted by Gasteiger charge is 2.20. The number of rotatable bonds is 0. The van der Waals surface area contributed by atoms with E-state index >= 15 is 0 Å². The van der Waals surface area contributed by atoms with E-state index in [0.717, 1.165) is 11.6 Å². The van der Waals surface area contributed by atoms with Crippen LogP contribution in [0.5, 0.6) is 0 Å². The molecule has 1 amide bonds. The molecule has 0 aromatic heterocycles. The van der Waals surface area contributed by atoms with Crippen molar-refractivity contribution in [3.8, 4) is 0 Å². The summed E-state index contributed by atoms with van der Waals surface area (Å²) in [5.41, 5.74) is -0.500. The highest BCUT2D eigenvalue weighted by atomic mass is 16.6. The Hall–Kier alpha value is -2.04. The van der Waals surface area contributed by atoms with Crippen molar-refractivity contribution in [2.45, 2.75) is 39.2 Å². The monoisotopic (exact) mass is 277 g/mol. The molecular weight excluding hydrogens is 254 g/mol. The van der Waals surface area contributed by atoms with Gasteiger partial charge in [0.25, 0.3) is 0 Å². The molecule has 0 atom stereocenters. The average molecular weight is 277 g/mol. The van der Waals surface area contributed by atoms with E-state index in [2.05, 4.69) is 16.5 Å². The SMILES string of the molecule is C1=CNCCC1.CC(C)(C)OC(=O)N1C=CC=CC=N1. The number of hydrogen-bond donors (Lipinski definition) is 1. The van der Waals surface area contributed by atoms with Gasteiger partial charge in [-0.05, 0) is 52.0 Å². The smallest absolute Gasteiger partial charge is 0.435 e. The number of carbonyl (C=O) groups excluding carboxylic acids is 1. The van der Waals surface area contributed by atoms with Gasteiger partial charge in [-0.15, -0.1) is 0 Å². The Morgan fingerprint density at radius 2 is 2.10 bits per heavy atom. The molecule has 2 aliphatic rings. The third kappa shape index (κ3) is 7.41. The number of hydrazone groups is 1. The van der Waals surface area contributed by atoms with Crippen molar-refractivity contribution in [3.05, 3.63) is 36.7 Å². The van der Waals surface area contributed by atoms with Crippen LogP contribution in [0.25, 0.3) is 0 Å². The minimum Gasteiger partial charge on any atom is -0.442 e. The summed E-state index contributed by atoms with van der Waals surface area (Å²) in [7, 11) is 0. The van der Waals surface area contributed by atoms with Crippen molar-refractivity contribution in [3.63, 3.8) is 0 Å². The van der Waals surface area contributed by atoms with Crippen molar-refractivity contribution < 1.29 is 9.53 Å². The summed E-state index contributed by atoms with van der Waals surface area (Å²) in [6.45, 7) is 6.60. The Bertz CT molecular complexity index is 393. The summed E-state index contributed by atoms with van der Waals surface area (Å²) < 4.78 is 5.13. The summed E-state index contributed by atoms with van der Waals surface area (Å²) >= 11 is 0. The number of nitrogens with one attached hydrogen (secondary N) is 1. The molecule has 0 saturated carbocycles. The zero-order chi connectivity index (χ0) is 14.8. The fourth-order valence-electron chi connectivity index (χ4n) is 1.38. The van der Waals surface area contributed by atoms with E-state index in [4.69, 9.17) is 4.74 Å². The van der Waals surface area contributed by atoms with E-state index in [1.165, 1.54) is 19.1 Å². The lowest BCUT2D eigenvalue weighted by molar-refractivity contribution is 0.0340. The van der Waals surface area contributed by atoms with Crippen molar-refractivity contribution in [1.82, 2.24) is 10.3 Å². The molecule has 5 heteroatoms. The predicted molar refractivity (Wildman–Crippen MR) is 81.2 cm³/mol. The lowest BCUT2D eigenvalue weighted by atomic mass is 10.2. The second-order valence-corrected chi connectivity index (χ2v) is 5.31. The maximum Gasteiger partial charge on any atom is 0.435 e. The molecule has 0 fully saturated rings. The van der Waals surface area contributed by atoms with Gasteiger partial charge in [-0.3, -0.25) is 0 Å². The van der Waals surface area contributed by atoms with E-state index in [1.54, 1.807) is 24.4 Å². The molecule has 0 aliphatic carbocycles. The van der Waals surface area contributed by atoms with Crippen LogP contribution >= 0.6 is 0 Å². The Kier molecular flexibility index (Phi) is 6.56. The first-order valence-electron chi connectivity index (χ1n) is 6.77. The third-order valence-electron chi connectivity index (χ3n) is 2.23. The summed E-state index contributed by atoms with van der Waals surface area (Å²) in [6.07, 6.45) is 14.6. The standard InChI is InChI=1S/C10H14N2O2.C5H9N/c1-10(2,3)14-9(13)12-8-6-4-5-7-11-12;1-2-4-6-5-3-1/h4-8H,1-3H3;2,4,6H,1,3,5H2. The Morgan fingerprint density at radius 3 is 2.60 bits per heavy atom. The van der Waals surface area contributed by atoms with Gasteiger partial charge in [0.1, 0.15) is 5.60 Å². The molecule has 0 unspecified atom stereocenters. The molecule has 2 aliphatic heterocycles. The molecule has 2 heterocycles. The van der Waals surface area contributed by atoms with Gasteiger partial charge in [-0.2, -0.15) is 10.1 Å². The molecule has 0 aromatic carbocycles. The van der Waals surface area contributed by atoms with Gasteiger partial charge in [0, 0.05) is 19.0 Å². The Labute approximate surface area is 120 Å².